The average molecular weight is 269 g/mol. The topological polar surface area (TPSA) is 101 Å². The Hall–Kier alpha value is -1.53. The van der Waals surface area contributed by atoms with E-state index in [-0.39, 0.29) is 12.0 Å². The minimum Gasteiger partial charge on any atom is -0.480 e. The lowest BCUT2D eigenvalue weighted by molar-refractivity contribution is -0.143. The van der Waals surface area contributed by atoms with Crippen LogP contribution in [0.2, 0.25) is 0 Å². The number of carbonyl (C=O) groups is 2. The summed E-state index contributed by atoms with van der Waals surface area (Å²) in [6.07, 6.45) is 2.16. The lowest BCUT2D eigenvalue weighted by Crippen LogP contribution is -2.45. The molecule has 0 amide bonds. The van der Waals surface area contributed by atoms with Crippen LogP contribution in [0.5, 0.6) is 0 Å². The maximum absolute atomic E-state index is 11.3. The number of thioether (sulfide) groups is 1. The molecule has 0 heterocycles. The number of nitrogens with two attached hydrogens (primary N) is 1. The monoisotopic (exact) mass is 269 g/mol. The van der Waals surface area contributed by atoms with Gasteiger partial charge in [0.2, 0.25) is 0 Å². The molecule has 0 aliphatic heterocycles. The third-order valence-electron chi connectivity index (χ3n) is 2.73. The fourth-order valence-electron chi connectivity index (χ4n) is 1.55. The summed E-state index contributed by atoms with van der Waals surface area (Å²) in [4.78, 5) is 22.0. The fraction of sp³-hybridized carbons (Fsp3) is 0.333. The smallest absolute Gasteiger partial charge is 0.335 e. The van der Waals surface area contributed by atoms with Crippen molar-refractivity contribution >= 4 is 23.7 Å². The third kappa shape index (κ3) is 3.02. The Morgan fingerprint density at radius 1 is 1.28 bits per heavy atom. The van der Waals surface area contributed by atoms with Crippen LogP contribution >= 0.6 is 11.8 Å². The van der Waals surface area contributed by atoms with Crippen LogP contribution in [0.1, 0.15) is 22.3 Å². The Kier molecular flexibility index (Phi) is 4.75. The van der Waals surface area contributed by atoms with Gasteiger partial charge >= 0.3 is 11.9 Å². The lowest BCUT2D eigenvalue weighted by Gasteiger charge is -2.25. The van der Waals surface area contributed by atoms with E-state index in [1.165, 1.54) is 36.0 Å². The highest BCUT2D eigenvalue weighted by Gasteiger charge is 2.35. The van der Waals surface area contributed by atoms with Crippen LogP contribution in [0.4, 0.5) is 0 Å². The first-order valence-corrected chi connectivity index (χ1v) is 6.66. The molecule has 0 unspecified atom stereocenters. The van der Waals surface area contributed by atoms with Crippen molar-refractivity contribution in [3.8, 4) is 0 Å². The van der Waals surface area contributed by atoms with Gasteiger partial charge in [-0.25, -0.2) is 9.59 Å². The van der Waals surface area contributed by atoms with E-state index >= 15 is 0 Å². The second-order valence-corrected chi connectivity index (χ2v) is 4.89. The number of hydrogen-bond donors (Lipinski definition) is 3. The van der Waals surface area contributed by atoms with Gasteiger partial charge in [0.1, 0.15) is 5.54 Å². The molecule has 0 aliphatic rings. The Balaban J connectivity index is 3.06. The number of benzene rings is 1. The molecule has 1 atom stereocenters. The van der Waals surface area contributed by atoms with Gasteiger partial charge in [-0.15, -0.1) is 0 Å². The maximum Gasteiger partial charge on any atom is 0.335 e. The predicted molar refractivity (Wildman–Crippen MR) is 69.9 cm³/mol. The van der Waals surface area contributed by atoms with Crippen LogP contribution < -0.4 is 5.73 Å². The summed E-state index contributed by atoms with van der Waals surface area (Å²) < 4.78 is 0. The van der Waals surface area contributed by atoms with Crippen LogP contribution in [0, 0.1) is 0 Å². The van der Waals surface area contributed by atoms with Crippen molar-refractivity contribution in [3.05, 3.63) is 35.4 Å². The van der Waals surface area contributed by atoms with E-state index in [1.54, 1.807) is 0 Å². The molecular weight excluding hydrogens is 254 g/mol. The molecule has 1 aromatic carbocycles. The normalized spacial score (nSPS) is 13.9. The first kappa shape index (κ1) is 14.5. The predicted octanol–water partition coefficient (Wildman–Crippen LogP) is 1.38. The maximum atomic E-state index is 11.3. The lowest BCUT2D eigenvalue weighted by atomic mass is 9.88. The van der Waals surface area contributed by atoms with Crippen molar-refractivity contribution in [1.82, 2.24) is 0 Å². The minimum atomic E-state index is -1.47. The highest BCUT2D eigenvalue weighted by Crippen LogP contribution is 2.24. The van der Waals surface area contributed by atoms with Gasteiger partial charge in [-0.3, -0.25) is 0 Å². The summed E-state index contributed by atoms with van der Waals surface area (Å²) in [7, 11) is 0. The number of carboxylic acid groups (broad SMARTS) is 2. The molecule has 0 bridgehead atoms. The van der Waals surface area contributed by atoms with Crippen molar-refractivity contribution in [3.63, 3.8) is 0 Å². The van der Waals surface area contributed by atoms with E-state index in [1.807, 2.05) is 6.26 Å². The molecule has 0 saturated carbocycles. The first-order valence-electron chi connectivity index (χ1n) is 5.27. The van der Waals surface area contributed by atoms with Gasteiger partial charge in [0.15, 0.2) is 0 Å². The molecule has 98 valence electrons. The van der Waals surface area contributed by atoms with E-state index < -0.39 is 17.5 Å². The fourth-order valence-corrected chi connectivity index (χ4v) is 2.07. The van der Waals surface area contributed by atoms with Crippen molar-refractivity contribution in [1.29, 1.82) is 0 Å². The van der Waals surface area contributed by atoms with Gasteiger partial charge in [0.05, 0.1) is 5.56 Å². The Bertz CT molecular complexity index is 446. The molecule has 4 N–H and O–H groups in total. The molecule has 18 heavy (non-hydrogen) atoms. The zero-order chi connectivity index (χ0) is 13.8. The second kappa shape index (κ2) is 5.88. The van der Waals surface area contributed by atoms with Gasteiger partial charge in [-0.05, 0) is 36.1 Å². The quantitative estimate of drug-likeness (QED) is 0.721. The summed E-state index contributed by atoms with van der Waals surface area (Å²) >= 11 is 1.51. The summed E-state index contributed by atoms with van der Waals surface area (Å²) in [6.45, 7) is 0. The third-order valence-corrected chi connectivity index (χ3v) is 3.34. The average Bonchev–Trinajstić information content (AvgIpc) is 2.35. The highest BCUT2D eigenvalue weighted by atomic mass is 32.2. The summed E-state index contributed by atoms with van der Waals surface area (Å²) in [6, 6.07) is 5.64. The largest absolute Gasteiger partial charge is 0.480 e. The van der Waals surface area contributed by atoms with Crippen molar-refractivity contribution < 1.29 is 19.8 Å². The molecule has 6 heteroatoms. The Morgan fingerprint density at radius 2 is 1.83 bits per heavy atom. The Labute approximate surface area is 109 Å². The number of hydrogen-bond acceptors (Lipinski definition) is 4. The summed E-state index contributed by atoms with van der Waals surface area (Å²) in [5.41, 5.74) is 4.96. The molecule has 0 fully saturated rings. The summed E-state index contributed by atoms with van der Waals surface area (Å²) in [5.74, 6) is -1.55. The van der Waals surface area contributed by atoms with E-state index in [0.717, 1.165) is 0 Å². The van der Waals surface area contributed by atoms with Crippen LogP contribution in [-0.4, -0.2) is 34.2 Å². The molecule has 0 aliphatic carbocycles. The SMILES string of the molecule is CSCC[C@](N)(C(=O)O)c1ccc(C(=O)O)cc1. The molecule has 0 saturated heterocycles. The van der Waals surface area contributed by atoms with E-state index in [0.29, 0.717) is 11.3 Å². The van der Waals surface area contributed by atoms with Gasteiger partial charge in [0.25, 0.3) is 0 Å². The van der Waals surface area contributed by atoms with E-state index in [9.17, 15) is 14.7 Å². The molecule has 0 aromatic heterocycles. The summed E-state index contributed by atoms with van der Waals surface area (Å²) in [5, 5.41) is 18.0. The van der Waals surface area contributed by atoms with E-state index in [2.05, 4.69) is 0 Å². The number of aliphatic carboxylic acids is 1. The standard InChI is InChI=1S/C12H15NO4S/c1-18-7-6-12(13,11(16)17)9-4-2-8(3-5-9)10(14)15/h2-5H,6-7,13H2,1H3,(H,14,15)(H,16,17)/t12-/m1/s1. The van der Waals surface area contributed by atoms with Gasteiger partial charge in [-0.2, -0.15) is 11.8 Å². The van der Waals surface area contributed by atoms with Crippen LogP contribution in [0.15, 0.2) is 24.3 Å². The zero-order valence-corrected chi connectivity index (χ0v) is 10.7. The number of aromatic carboxylic acids is 1. The van der Waals surface area contributed by atoms with Gasteiger partial charge in [0, 0.05) is 0 Å². The first-order chi connectivity index (χ1) is 8.41. The molecule has 0 radical (unpaired) electrons. The van der Waals surface area contributed by atoms with Crippen molar-refractivity contribution in [2.45, 2.75) is 12.0 Å². The zero-order valence-electron chi connectivity index (χ0n) is 9.92. The van der Waals surface area contributed by atoms with Gasteiger partial charge in [-0.1, -0.05) is 12.1 Å². The van der Waals surface area contributed by atoms with Crippen molar-refractivity contribution in [2.75, 3.05) is 12.0 Å². The van der Waals surface area contributed by atoms with Crippen LogP contribution in [0.25, 0.3) is 0 Å². The minimum absolute atomic E-state index is 0.108. The molecular formula is C12H15NO4S. The highest BCUT2D eigenvalue weighted by molar-refractivity contribution is 7.98. The Morgan fingerprint density at radius 3 is 2.22 bits per heavy atom. The van der Waals surface area contributed by atoms with Crippen LogP contribution in [-0.2, 0) is 10.3 Å². The number of rotatable bonds is 6. The second-order valence-electron chi connectivity index (χ2n) is 3.90. The molecule has 0 spiro atoms. The van der Waals surface area contributed by atoms with Crippen molar-refractivity contribution in [2.24, 2.45) is 5.73 Å². The molecule has 5 nitrogen and oxygen atoms in total. The van der Waals surface area contributed by atoms with Gasteiger partial charge < -0.3 is 15.9 Å². The number of carboxylic acids is 2. The molecule has 1 rings (SSSR count). The van der Waals surface area contributed by atoms with E-state index in [4.69, 9.17) is 10.8 Å². The van der Waals surface area contributed by atoms with Crippen LogP contribution in [0.3, 0.4) is 0 Å². The molecule has 1 aromatic rings.